The van der Waals surface area contributed by atoms with Gasteiger partial charge in [0.1, 0.15) is 11.5 Å². The van der Waals surface area contributed by atoms with Crippen LogP contribution in [0.3, 0.4) is 0 Å². The summed E-state index contributed by atoms with van der Waals surface area (Å²) in [5.74, 6) is 1.84. The Hall–Kier alpha value is -4.86. The Balaban J connectivity index is 1.57. The minimum absolute atomic E-state index is 0.536. The number of nitrogens with zero attached hydrogens (tertiary/aromatic N) is 1. The quantitative estimate of drug-likeness (QED) is 0.202. The lowest BCUT2D eigenvalue weighted by Crippen LogP contribution is -2.46. The monoisotopic (exact) mass is 543 g/mol. The van der Waals surface area contributed by atoms with Gasteiger partial charge in [-0.3, -0.25) is 0 Å². The van der Waals surface area contributed by atoms with Crippen molar-refractivity contribution in [3.05, 3.63) is 149 Å². The van der Waals surface area contributed by atoms with Gasteiger partial charge in [-0.25, -0.2) is 0 Å². The molecule has 0 amide bonds. The Bertz CT molecular complexity index is 2390. The molecule has 41 heavy (non-hydrogen) atoms. The Labute approximate surface area is 241 Å². The second kappa shape index (κ2) is 8.09. The second-order valence-corrected chi connectivity index (χ2v) is 12.0. The first-order chi connectivity index (χ1) is 20.2. The van der Waals surface area contributed by atoms with E-state index in [1.54, 1.807) is 0 Å². The van der Waals surface area contributed by atoms with Gasteiger partial charge in [0.05, 0.1) is 22.0 Å². The van der Waals surface area contributed by atoms with Gasteiger partial charge in [-0.2, -0.15) is 0 Å². The molecule has 5 aromatic carbocycles. The molecule has 0 N–H and O–H groups in total. The lowest BCUT2D eigenvalue weighted by molar-refractivity contribution is 0.439. The van der Waals surface area contributed by atoms with Gasteiger partial charge in [-0.15, -0.1) is 11.3 Å². The molecule has 7 aromatic rings. The number of rotatable bonds is 1. The van der Waals surface area contributed by atoms with Crippen molar-refractivity contribution in [2.24, 2.45) is 0 Å². The highest BCUT2D eigenvalue weighted by molar-refractivity contribution is 7.25. The third-order valence-electron chi connectivity index (χ3n) is 9.06. The van der Waals surface area contributed by atoms with E-state index in [2.05, 4.69) is 133 Å². The smallest absolute Gasteiger partial charge is 0.133 e. The van der Waals surface area contributed by atoms with Crippen molar-refractivity contribution in [3.8, 4) is 17.2 Å². The molecule has 0 radical (unpaired) electrons. The second-order valence-electron chi connectivity index (χ2n) is 11.0. The van der Waals surface area contributed by atoms with Gasteiger partial charge in [0.25, 0.3) is 0 Å². The fourth-order valence-electron chi connectivity index (χ4n) is 7.49. The molecule has 3 heteroatoms. The predicted molar refractivity (Wildman–Crippen MR) is 172 cm³/mol. The molecule has 1 atom stereocenters. The van der Waals surface area contributed by atoms with Crippen LogP contribution < -0.4 is 15.3 Å². The van der Waals surface area contributed by atoms with E-state index in [-0.39, 0.29) is 0 Å². The number of thiophene rings is 1. The van der Waals surface area contributed by atoms with Crippen molar-refractivity contribution in [2.45, 2.75) is 12.3 Å². The van der Waals surface area contributed by atoms with E-state index in [4.69, 9.17) is 4.74 Å². The number of hydrogen-bond acceptors (Lipinski definition) is 2. The lowest BCUT2D eigenvalue weighted by atomic mass is 9.62. The van der Waals surface area contributed by atoms with Crippen molar-refractivity contribution in [3.63, 3.8) is 0 Å². The maximum absolute atomic E-state index is 6.76. The summed E-state index contributed by atoms with van der Waals surface area (Å²) in [6.45, 7) is 6.42. The number of aromatic nitrogens is 1. The van der Waals surface area contributed by atoms with Crippen LogP contribution in [0.5, 0.6) is 11.5 Å². The van der Waals surface area contributed by atoms with E-state index in [1.165, 1.54) is 69.6 Å². The van der Waals surface area contributed by atoms with E-state index in [0.717, 1.165) is 11.5 Å². The minimum atomic E-state index is -0.536. The van der Waals surface area contributed by atoms with Gasteiger partial charge in [0, 0.05) is 41.9 Å². The summed E-state index contributed by atoms with van der Waals surface area (Å²) in [6, 6.07) is 39.6. The topological polar surface area (TPSA) is 14.2 Å². The van der Waals surface area contributed by atoms with Crippen LogP contribution in [-0.4, -0.2) is 4.57 Å². The first kappa shape index (κ1) is 22.9. The first-order valence-electron chi connectivity index (χ1n) is 14.0. The van der Waals surface area contributed by atoms with Gasteiger partial charge >= 0.3 is 0 Å². The Morgan fingerprint density at radius 1 is 0.707 bits per heavy atom. The summed E-state index contributed by atoms with van der Waals surface area (Å²) in [5.41, 5.74) is 6.80. The van der Waals surface area contributed by atoms with Crippen LogP contribution in [0.4, 0.5) is 0 Å². The zero-order valence-corrected chi connectivity index (χ0v) is 23.3. The fraction of sp³-hybridized carbons (Fsp3) is 0.0526. The molecule has 0 saturated carbocycles. The fourth-order valence-corrected chi connectivity index (χ4v) is 8.61. The summed E-state index contributed by atoms with van der Waals surface area (Å²) in [7, 11) is 0. The number of fused-ring (bicyclic) bond motifs is 13. The number of ether oxygens (including phenoxy) is 1. The van der Waals surface area contributed by atoms with Gasteiger partial charge < -0.3 is 9.30 Å². The molecule has 9 rings (SSSR count). The summed E-state index contributed by atoms with van der Waals surface area (Å²) in [5, 5.41) is 6.23. The van der Waals surface area contributed by atoms with Crippen LogP contribution in [0.2, 0.25) is 0 Å². The van der Waals surface area contributed by atoms with E-state index in [0.29, 0.717) is 0 Å². The molecule has 0 bridgehead atoms. The average Bonchev–Trinajstić information content (AvgIpc) is 3.54. The number of allylic oxidation sites excluding steroid dienone is 1. The maximum Gasteiger partial charge on any atom is 0.133 e. The summed E-state index contributed by atoms with van der Waals surface area (Å²) >= 11 is 1.83. The molecular weight excluding hydrogens is 518 g/mol. The highest BCUT2D eigenvalue weighted by Crippen LogP contribution is 2.59. The number of benzene rings is 5. The van der Waals surface area contributed by atoms with Gasteiger partial charge in [-0.1, -0.05) is 91.5 Å². The number of hydrogen-bond donors (Lipinski definition) is 0. The third kappa shape index (κ3) is 2.77. The molecular formula is C38H25NOS. The van der Waals surface area contributed by atoms with Crippen LogP contribution in [-0.2, 0) is 5.41 Å². The molecule has 1 unspecified atom stereocenters. The van der Waals surface area contributed by atoms with Crippen LogP contribution in [0.1, 0.15) is 23.6 Å². The van der Waals surface area contributed by atoms with E-state index >= 15 is 0 Å². The summed E-state index contributed by atoms with van der Waals surface area (Å²) in [6.07, 6.45) is 4.08. The standard InChI is InChI=1S/C38H25NOS/c1-3-12-26-24-13-4-8-17-31(24)39-32-18-9-6-15-28(32)38(23(2)37(26)39)29-16-7-10-19-33(29)40-34-22-36-27(21-30(34)38)25-14-5-11-20-35(25)41-36/h3-22H,1H2,2H3/b26-12-. The third-order valence-corrected chi connectivity index (χ3v) is 10.2. The molecule has 0 aliphatic carbocycles. The van der Waals surface area contributed by atoms with Gasteiger partial charge in [0.2, 0.25) is 0 Å². The van der Waals surface area contributed by atoms with Gasteiger partial charge in [-0.05, 0) is 54.5 Å². The highest BCUT2D eigenvalue weighted by atomic mass is 32.1. The Morgan fingerprint density at radius 2 is 1.44 bits per heavy atom. The molecule has 0 fully saturated rings. The van der Waals surface area contributed by atoms with E-state index < -0.39 is 5.41 Å². The summed E-state index contributed by atoms with van der Waals surface area (Å²) in [4.78, 5) is 0. The molecule has 4 heterocycles. The van der Waals surface area contributed by atoms with Crippen LogP contribution in [0.15, 0.2) is 122 Å². The molecule has 1 spiro atoms. The summed E-state index contributed by atoms with van der Waals surface area (Å²) < 4.78 is 11.8. The van der Waals surface area contributed by atoms with Crippen LogP contribution in [0, 0.1) is 0 Å². The minimum Gasteiger partial charge on any atom is -0.457 e. The van der Waals surface area contributed by atoms with Crippen molar-refractivity contribution in [1.82, 2.24) is 4.57 Å². The molecule has 0 saturated heterocycles. The zero-order valence-electron chi connectivity index (χ0n) is 22.5. The maximum atomic E-state index is 6.76. The molecule has 2 aliphatic rings. The first-order valence-corrected chi connectivity index (χ1v) is 14.8. The molecule has 2 aromatic heterocycles. The largest absolute Gasteiger partial charge is 0.457 e. The molecule has 194 valence electrons. The van der Waals surface area contributed by atoms with Crippen LogP contribution >= 0.6 is 11.3 Å². The zero-order chi connectivity index (χ0) is 27.3. The van der Waals surface area contributed by atoms with Crippen molar-refractivity contribution < 1.29 is 4.74 Å². The normalized spacial score (nSPS) is 17.4. The van der Waals surface area contributed by atoms with Gasteiger partial charge in [0.15, 0.2) is 0 Å². The highest BCUT2D eigenvalue weighted by Gasteiger charge is 2.49. The van der Waals surface area contributed by atoms with E-state index in [9.17, 15) is 0 Å². The molecule has 2 nitrogen and oxygen atoms in total. The average molecular weight is 544 g/mol. The van der Waals surface area contributed by atoms with Crippen molar-refractivity contribution in [1.29, 1.82) is 0 Å². The Kier molecular flexibility index (Phi) is 4.52. The predicted octanol–water partition coefficient (Wildman–Crippen LogP) is 8.59. The van der Waals surface area contributed by atoms with Crippen LogP contribution in [0.25, 0.3) is 48.4 Å². The van der Waals surface area contributed by atoms with E-state index in [1.807, 2.05) is 17.4 Å². The van der Waals surface area contributed by atoms with Crippen molar-refractivity contribution in [2.75, 3.05) is 0 Å². The SMILES string of the molecule is C=C/C=c1\c2n(c3ccccc13)-c1ccccc1C1(C=2C)c2ccccc2Oc2cc3sc4ccccc4c3cc21. The molecule has 2 aliphatic heterocycles. The Morgan fingerprint density at radius 3 is 2.32 bits per heavy atom. The lowest BCUT2D eigenvalue weighted by Gasteiger charge is -2.44. The number of para-hydroxylation sites is 3. The van der Waals surface area contributed by atoms with Crippen molar-refractivity contribution >= 4 is 54.1 Å².